The van der Waals surface area contributed by atoms with E-state index in [-0.39, 0.29) is 17.4 Å². The fourth-order valence-corrected chi connectivity index (χ4v) is 4.73. The van der Waals surface area contributed by atoms with E-state index in [0.29, 0.717) is 11.8 Å². The first-order chi connectivity index (χ1) is 14.3. The number of hydrogen-bond donors (Lipinski definition) is 1. The normalized spacial score (nSPS) is 16.4. The Kier molecular flexibility index (Phi) is 7.61. The molecule has 1 heterocycles. The van der Waals surface area contributed by atoms with Gasteiger partial charge in [0.05, 0.1) is 5.75 Å². The molecule has 3 rings (SSSR count). The van der Waals surface area contributed by atoms with E-state index >= 15 is 0 Å². The lowest BCUT2D eigenvalue weighted by molar-refractivity contribution is -0.119. The number of rotatable bonds is 7. The fourth-order valence-electron chi connectivity index (χ4n) is 3.91. The van der Waals surface area contributed by atoms with Crippen LogP contribution in [0.2, 0.25) is 0 Å². The van der Waals surface area contributed by atoms with Crippen LogP contribution in [0, 0.1) is 0 Å². The number of amides is 1. The molecule has 1 aliphatic carbocycles. The summed E-state index contributed by atoms with van der Waals surface area (Å²) in [7, 11) is 0. The monoisotopic (exact) mass is 428 g/mol. The minimum absolute atomic E-state index is 0.0589. The Morgan fingerprint density at radius 3 is 2.43 bits per heavy atom. The Bertz CT molecular complexity index is 832. The predicted octanol–water partition coefficient (Wildman–Crippen LogP) is 5.75. The number of carbonyl (C=O) groups is 1. The number of nitrogens with one attached hydrogen (secondary N) is 1. The summed E-state index contributed by atoms with van der Waals surface area (Å²) in [5, 5.41) is 13.0. The van der Waals surface area contributed by atoms with E-state index in [9.17, 15) is 4.79 Å². The first kappa shape index (κ1) is 22.9. The number of thioether (sulfide) groups is 1. The summed E-state index contributed by atoms with van der Waals surface area (Å²) < 4.78 is 2.30. The zero-order valence-corrected chi connectivity index (χ0v) is 19.9. The molecule has 1 aromatic heterocycles. The maximum absolute atomic E-state index is 12.3. The van der Waals surface area contributed by atoms with Gasteiger partial charge in [-0.2, -0.15) is 0 Å². The molecule has 1 aromatic carbocycles. The molecule has 1 aliphatic rings. The average molecular weight is 429 g/mol. The largest absolute Gasteiger partial charge is 0.353 e. The van der Waals surface area contributed by atoms with Gasteiger partial charge in [-0.05, 0) is 37.2 Å². The maximum Gasteiger partial charge on any atom is 0.230 e. The second-order valence-electron chi connectivity index (χ2n) is 9.46. The van der Waals surface area contributed by atoms with Gasteiger partial charge in [-0.3, -0.25) is 9.36 Å². The van der Waals surface area contributed by atoms with Gasteiger partial charge in [-0.25, -0.2) is 0 Å². The minimum Gasteiger partial charge on any atom is -0.353 e. The van der Waals surface area contributed by atoms with Crippen molar-refractivity contribution in [2.45, 2.75) is 95.8 Å². The number of benzene rings is 1. The van der Waals surface area contributed by atoms with E-state index in [1.165, 1.54) is 36.6 Å². The summed E-state index contributed by atoms with van der Waals surface area (Å²) in [6.07, 6.45) is 7.01. The molecular formula is C24H36N4OS. The Labute approximate surface area is 185 Å². The van der Waals surface area contributed by atoms with Crippen LogP contribution in [0.5, 0.6) is 0 Å². The quantitative estimate of drug-likeness (QED) is 0.570. The molecule has 1 fully saturated rings. The van der Waals surface area contributed by atoms with Crippen LogP contribution >= 0.6 is 11.8 Å². The lowest BCUT2D eigenvalue weighted by Crippen LogP contribution is -2.33. The molecule has 0 radical (unpaired) electrons. The highest BCUT2D eigenvalue weighted by Gasteiger charge is 2.25. The number of nitrogens with zero attached hydrogens (tertiary/aromatic N) is 3. The average Bonchev–Trinajstić information content (AvgIpc) is 3.16. The van der Waals surface area contributed by atoms with Gasteiger partial charge in [0.15, 0.2) is 11.0 Å². The summed E-state index contributed by atoms with van der Waals surface area (Å²) in [5.74, 6) is 1.36. The van der Waals surface area contributed by atoms with Gasteiger partial charge in [-0.1, -0.05) is 83.0 Å². The van der Waals surface area contributed by atoms with Crippen LogP contribution in [0.25, 0.3) is 11.4 Å². The number of carbonyl (C=O) groups excluding carboxylic acids is 1. The Morgan fingerprint density at radius 2 is 1.83 bits per heavy atom. The van der Waals surface area contributed by atoms with Crippen molar-refractivity contribution in [2.75, 3.05) is 5.75 Å². The highest BCUT2D eigenvalue weighted by atomic mass is 32.2. The van der Waals surface area contributed by atoms with Gasteiger partial charge >= 0.3 is 0 Å². The summed E-state index contributed by atoms with van der Waals surface area (Å²) >= 11 is 1.50. The Balaban J connectivity index is 1.85. The lowest BCUT2D eigenvalue weighted by Gasteiger charge is -2.26. The minimum atomic E-state index is 0.0589. The van der Waals surface area contributed by atoms with Crippen molar-refractivity contribution in [1.82, 2.24) is 20.1 Å². The molecule has 2 aromatic rings. The predicted molar refractivity (Wildman–Crippen MR) is 125 cm³/mol. The second kappa shape index (κ2) is 9.99. The van der Waals surface area contributed by atoms with Crippen LogP contribution in [0.15, 0.2) is 29.4 Å². The zero-order chi connectivity index (χ0) is 21.7. The van der Waals surface area contributed by atoms with Crippen LogP contribution in [0.1, 0.15) is 84.7 Å². The van der Waals surface area contributed by atoms with Crippen LogP contribution in [0.3, 0.4) is 0 Å². The number of aromatic nitrogens is 3. The van der Waals surface area contributed by atoms with E-state index in [2.05, 4.69) is 72.0 Å². The third-order valence-electron chi connectivity index (χ3n) is 5.97. The Morgan fingerprint density at radius 1 is 1.17 bits per heavy atom. The van der Waals surface area contributed by atoms with Crippen molar-refractivity contribution in [3.05, 3.63) is 29.8 Å². The molecule has 0 unspecified atom stereocenters. The summed E-state index contributed by atoms with van der Waals surface area (Å²) in [4.78, 5) is 12.3. The van der Waals surface area contributed by atoms with E-state index < -0.39 is 0 Å². The lowest BCUT2D eigenvalue weighted by atomic mass is 9.86. The number of hydrogen-bond acceptors (Lipinski definition) is 4. The van der Waals surface area contributed by atoms with Gasteiger partial charge in [0.1, 0.15) is 0 Å². The first-order valence-electron chi connectivity index (χ1n) is 11.3. The van der Waals surface area contributed by atoms with Gasteiger partial charge in [-0.15, -0.1) is 10.2 Å². The van der Waals surface area contributed by atoms with Crippen LogP contribution < -0.4 is 5.32 Å². The van der Waals surface area contributed by atoms with Crippen LogP contribution in [0.4, 0.5) is 0 Å². The SMILES string of the molecule is CC[C@H](C)NC(=O)CSc1nnc(-c2ccc(C(C)(C)C)cc2)n1C1CCCCC1. The van der Waals surface area contributed by atoms with Gasteiger partial charge in [0, 0.05) is 17.6 Å². The molecule has 1 N–H and O–H groups in total. The summed E-state index contributed by atoms with van der Waals surface area (Å²) in [6.45, 7) is 10.8. The zero-order valence-electron chi connectivity index (χ0n) is 19.1. The van der Waals surface area contributed by atoms with Crippen LogP contribution in [-0.4, -0.2) is 32.5 Å². The van der Waals surface area contributed by atoms with Gasteiger partial charge in [0.2, 0.25) is 5.91 Å². The molecule has 6 heteroatoms. The molecule has 30 heavy (non-hydrogen) atoms. The third kappa shape index (κ3) is 5.65. The smallest absolute Gasteiger partial charge is 0.230 e. The van der Waals surface area contributed by atoms with Crippen molar-refractivity contribution in [1.29, 1.82) is 0 Å². The standard InChI is InChI=1S/C24H36N4OS/c1-6-17(2)25-21(29)16-30-23-27-26-22(28(23)20-10-8-7-9-11-20)18-12-14-19(15-13-18)24(3,4)5/h12-15,17,20H,6-11,16H2,1-5H3,(H,25,29)/t17-/m0/s1. The molecular weight excluding hydrogens is 392 g/mol. The first-order valence-corrected chi connectivity index (χ1v) is 12.3. The van der Waals surface area contributed by atoms with Crippen molar-refractivity contribution in [3.63, 3.8) is 0 Å². The Hall–Kier alpha value is -1.82. The fraction of sp³-hybridized carbons (Fsp3) is 0.625. The molecule has 0 spiro atoms. The van der Waals surface area contributed by atoms with Crippen molar-refractivity contribution in [3.8, 4) is 11.4 Å². The second-order valence-corrected chi connectivity index (χ2v) is 10.4. The molecule has 0 bridgehead atoms. The summed E-state index contributed by atoms with van der Waals surface area (Å²) in [5.41, 5.74) is 2.53. The molecule has 0 aliphatic heterocycles. The van der Waals surface area contributed by atoms with Crippen molar-refractivity contribution < 1.29 is 4.79 Å². The van der Waals surface area contributed by atoms with Gasteiger partial charge < -0.3 is 5.32 Å². The van der Waals surface area contributed by atoms with Crippen molar-refractivity contribution >= 4 is 17.7 Å². The third-order valence-corrected chi connectivity index (χ3v) is 6.91. The van der Waals surface area contributed by atoms with Crippen molar-refractivity contribution in [2.24, 2.45) is 0 Å². The van der Waals surface area contributed by atoms with E-state index in [4.69, 9.17) is 0 Å². The van der Waals surface area contributed by atoms with Crippen LogP contribution in [-0.2, 0) is 10.2 Å². The van der Waals surface area contributed by atoms with E-state index in [0.717, 1.165) is 35.8 Å². The highest BCUT2D eigenvalue weighted by Crippen LogP contribution is 2.36. The molecule has 5 nitrogen and oxygen atoms in total. The van der Waals surface area contributed by atoms with E-state index in [1.807, 2.05) is 6.92 Å². The molecule has 1 saturated carbocycles. The van der Waals surface area contributed by atoms with Gasteiger partial charge in [0.25, 0.3) is 0 Å². The maximum atomic E-state index is 12.3. The molecule has 164 valence electrons. The summed E-state index contributed by atoms with van der Waals surface area (Å²) in [6, 6.07) is 9.32. The molecule has 1 amide bonds. The highest BCUT2D eigenvalue weighted by molar-refractivity contribution is 7.99. The topological polar surface area (TPSA) is 59.8 Å². The molecule has 0 saturated heterocycles. The molecule has 1 atom stereocenters. The van der Waals surface area contributed by atoms with E-state index in [1.54, 1.807) is 0 Å².